The van der Waals surface area contributed by atoms with Gasteiger partial charge in [-0.3, -0.25) is 0 Å². The number of aromatic nitrogens is 2. The first-order valence-electron chi connectivity index (χ1n) is 5.48. The van der Waals surface area contributed by atoms with Crippen molar-refractivity contribution >= 4 is 5.82 Å². The summed E-state index contributed by atoms with van der Waals surface area (Å²) < 4.78 is 5.10. The molecule has 2 rings (SSSR count). The molecular weight excluding hydrogens is 190 g/mol. The molecule has 1 heterocycles. The molecule has 0 saturated heterocycles. The van der Waals surface area contributed by atoms with Crippen LogP contribution in [0.2, 0.25) is 0 Å². The maximum Gasteiger partial charge on any atom is 0.218 e. The van der Waals surface area contributed by atoms with Crippen LogP contribution in [-0.2, 0) is 0 Å². The first kappa shape index (κ1) is 10.2. The summed E-state index contributed by atoms with van der Waals surface area (Å²) in [5, 5.41) is 0. The molecular formula is C11H17N3O. The maximum absolute atomic E-state index is 5.71. The molecule has 0 aliphatic heterocycles. The van der Waals surface area contributed by atoms with Gasteiger partial charge in [-0.1, -0.05) is 19.3 Å². The van der Waals surface area contributed by atoms with Gasteiger partial charge in [0.05, 0.1) is 7.11 Å². The summed E-state index contributed by atoms with van der Waals surface area (Å²) in [5.41, 5.74) is 5.71. The van der Waals surface area contributed by atoms with E-state index in [0.717, 1.165) is 5.82 Å². The number of nitrogens with two attached hydrogens (primary N) is 1. The third kappa shape index (κ3) is 2.37. The highest BCUT2D eigenvalue weighted by molar-refractivity contribution is 5.33. The fourth-order valence-electron chi connectivity index (χ4n) is 2.11. The van der Waals surface area contributed by atoms with Crippen molar-refractivity contribution in [3.05, 3.63) is 11.9 Å². The lowest BCUT2D eigenvalue weighted by molar-refractivity contribution is 0.383. The molecule has 1 aromatic heterocycles. The van der Waals surface area contributed by atoms with Crippen LogP contribution in [0.1, 0.15) is 43.8 Å². The Hall–Kier alpha value is -1.32. The van der Waals surface area contributed by atoms with Gasteiger partial charge in [-0.15, -0.1) is 0 Å². The largest absolute Gasteiger partial charge is 0.481 e. The second-order valence-electron chi connectivity index (χ2n) is 4.03. The minimum atomic E-state index is 0.469. The average molecular weight is 207 g/mol. The monoisotopic (exact) mass is 207 g/mol. The molecule has 4 nitrogen and oxygen atoms in total. The molecule has 0 unspecified atom stereocenters. The predicted octanol–water partition coefficient (Wildman–Crippen LogP) is 2.12. The van der Waals surface area contributed by atoms with Crippen LogP contribution in [0.25, 0.3) is 0 Å². The van der Waals surface area contributed by atoms with E-state index in [1.54, 1.807) is 13.2 Å². The van der Waals surface area contributed by atoms with Crippen molar-refractivity contribution in [3.63, 3.8) is 0 Å². The van der Waals surface area contributed by atoms with Crippen molar-refractivity contribution in [3.8, 4) is 5.88 Å². The Bertz CT molecular complexity index is 335. The Morgan fingerprint density at radius 1 is 1.27 bits per heavy atom. The molecule has 0 spiro atoms. The quantitative estimate of drug-likeness (QED) is 0.806. The number of hydrogen-bond acceptors (Lipinski definition) is 4. The van der Waals surface area contributed by atoms with E-state index in [-0.39, 0.29) is 0 Å². The van der Waals surface area contributed by atoms with Crippen LogP contribution in [0.15, 0.2) is 6.07 Å². The number of hydrogen-bond donors (Lipinski definition) is 1. The van der Waals surface area contributed by atoms with Gasteiger partial charge in [-0.2, -0.15) is 4.98 Å². The number of nitrogens with zero attached hydrogens (tertiary/aromatic N) is 2. The molecule has 1 aliphatic rings. The molecule has 1 aromatic rings. The summed E-state index contributed by atoms with van der Waals surface area (Å²) in [6.45, 7) is 0. The van der Waals surface area contributed by atoms with Gasteiger partial charge >= 0.3 is 0 Å². The number of anilines is 1. The molecule has 0 aromatic carbocycles. The Morgan fingerprint density at radius 3 is 2.67 bits per heavy atom. The number of rotatable bonds is 2. The molecule has 82 valence electrons. The maximum atomic E-state index is 5.71. The summed E-state index contributed by atoms with van der Waals surface area (Å²) in [5.74, 6) is 2.40. The number of ether oxygens (including phenoxy) is 1. The smallest absolute Gasteiger partial charge is 0.218 e. The summed E-state index contributed by atoms with van der Waals surface area (Å²) in [4.78, 5) is 8.65. The van der Waals surface area contributed by atoms with Gasteiger partial charge < -0.3 is 10.5 Å². The second-order valence-corrected chi connectivity index (χ2v) is 4.03. The van der Waals surface area contributed by atoms with E-state index in [2.05, 4.69) is 9.97 Å². The van der Waals surface area contributed by atoms with Crippen molar-refractivity contribution in [2.24, 2.45) is 0 Å². The van der Waals surface area contributed by atoms with E-state index in [1.807, 2.05) is 0 Å². The van der Waals surface area contributed by atoms with E-state index in [4.69, 9.17) is 10.5 Å². The Balaban J connectivity index is 2.22. The Labute approximate surface area is 89.9 Å². The van der Waals surface area contributed by atoms with Crippen LogP contribution in [0.5, 0.6) is 5.88 Å². The zero-order chi connectivity index (χ0) is 10.7. The molecule has 2 N–H and O–H groups in total. The van der Waals surface area contributed by atoms with Crippen LogP contribution < -0.4 is 10.5 Å². The van der Waals surface area contributed by atoms with Crippen molar-refractivity contribution in [2.75, 3.05) is 12.8 Å². The fraction of sp³-hybridized carbons (Fsp3) is 0.636. The van der Waals surface area contributed by atoms with Gasteiger partial charge in [0.2, 0.25) is 5.88 Å². The summed E-state index contributed by atoms with van der Waals surface area (Å²) in [6, 6.07) is 1.66. The zero-order valence-corrected chi connectivity index (χ0v) is 9.07. The van der Waals surface area contributed by atoms with Crippen LogP contribution in [-0.4, -0.2) is 17.1 Å². The van der Waals surface area contributed by atoms with Gasteiger partial charge in [0.25, 0.3) is 0 Å². The van der Waals surface area contributed by atoms with Gasteiger partial charge in [-0.05, 0) is 12.8 Å². The van der Waals surface area contributed by atoms with E-state index < -0.39 is 0 Å². The first-order chi connectivity index (χ1) is 7.29. The summed E-state index contributed by atoms with van der Waals surface area (Å²) in [7, 11) is 1.60. The van der Waals surface area contributed by atoms with Crippen LogP contribution in [0.3, 0.4) is 0 Å². The van der Waals surface area contributed by atoms with Crippen LogP contribution in [0.4, 0.5) is 5.82 Å². The van der Waals surface area contributed by atoms with Gasteiger partial charge in [0.1, 0.15) is 11.6 Å². The zero-order valence-electron chi connectivity index (χ0n) is 9.07. The standard InChI is InChI=1S/C11H17N3O/c1-15-10-7-9(12)13-11(14-10)8-5-3-2-4-6-8/h7-8H,2-6H2,1H3,(H2,12,13,14). The topological polar surface area (TPSA) is 61.0 Å². The van der Waals surface area contributed by atoms with Crippen LogP contribution >= 0.6 is 0 Å². The Morgan fingerprint density at radius 2 is 2.00 bits per heavy atom. The molecule has 0 bridgehead atoms. The summed E-state index contributed by atoms with van der Waals surface area (Å²) in [6.07, 6.45) is 6.21. The highest BCUT2D eigenvalue weighted by Gasteiger charge is 2.19. The van der Waals surface area contributed by atoms with Crippen molar-refractivity contribution in [2.45, 2.75) is 38.0 Å². The van der Waals surface area contributed by atoms with Gasteiger partial charge in [-0.25, -0.2) is 4.98 Å². The fourth-order valence-corrected chi connectivity index (χ4v) is 2.11. The van der Waals surface area contributed by atoms with E-state index in [0.29, 0.717) is 17.6 Å². The van der Waals surface area contributed by atoms with Crippen LogP contribution in [0, 0.1) is 0 Å². The van der Waals surface area contributed by atoms with E-state index in [9.17, 15) is 0 Å². The molecule has 0 radical (unpaired) electrons. The lowest BCUT2D eigenvalue weighted by Crippen LogP contribution is -2.10. The highest BCUT2D eigenvalue weighted by Crippen LogP contribution is 2.31. The lowest BCUT2D eigenvalue weighted by Gasteiger charge is -2.20. The normalized spacial score (nSPS) is 17.7. The predicted molar refractivity (Wildman–Crippen MR) is 58.8 cm³/mol. The SMILES string of the molecule is COc1cc(N)nc(C2CCCCC2)n1. The van der Waals surface area contributed by atoms with Crippen molar-refractivity contribution in [1.82, 2.24) is 9.97 Å². The molecule has 1 aliphatic carbocycles. The average Bonchev–Trinajstić information content (AvgIpc) is 2.29. The highest BCUT2D eigenvalue weighted by atomic mass is 16.5. The minimum absolute atomic E-state index is 0.469. The van der Waals surface area contributed by atoms with Gasteiger partial charge in [0, 0.05) is 12.0 Å². The lowest BCUT2D eigenvalue weighted by atomic mass is 9.89. The summed E-state index contributed by atoms with van der Waals surface area (Å²) >= 11 is 0. The number of methoxy groups -OCH3 is 1. The Kier molecular flexibility index (Phi) is 3.04. The van der Waals surface area contributed by atoms with E-state index in [1.165, 1.54) is 32.1 Å². The molecule has 15 heavy (non-hydrogen) atoms. The molecule has 1 fully saturated rings. The van der Waals surface area contributed by atoms with E-state index >= 15 is 0 Å². The second kappa shape index (κ2) is 4.47. The molecule has 0 amide bonds. The number of nitrogen functional groups attached to an aromatic ring is 1. The van der Waals surface area contributed by atoms with Crippen molar-refractivity contribution in [1.29, 1.82) is 0 Å². The minimum Gasteiger partial charge on any atom is -0.481 e. The molecule has 0 atom stereocenters. The molecule has 4 heteroatoms. The van der Waals surface area contributed by atoms with Gasteiger partial charge in [0.15, 0.2) is 0 Å². The third-order valence-electron chi connectivity index (χ3n) is 2.92. The third-order valence-corrected chi connectivity index (χ3v) is 2.92. The molecule has 1 saturated carbocycles. The van der Waals surface area contributed by atoms with Crippen molar-refractivity contribution < 1.29 is 4.74 Å². The first-order valence-corrected chi connectivity index (χ1v) is 5.48.